The minimum absolute atomic E-state index is 0.0416. The minimum atomic E-state index is -4.99. The molecule has 0 fully saturated rings. The lowest BCUT2D eigenvalue weighted by atomic mass is 10.0. The Hall–Kier alpha value is -1.73. The van der Waals surface area contributed by atoms with Gasteiger partial charge in [0, 0.05) is 0 Å². The first-order valence-electron chi connectivity index (χ1n) is 5.95. The Bertz CT molecular complexity index is 486. The van der Waals surface area contributed by atoms with E-state index in [2.05, 4.69) is 0 Å². The van der Waals surface area contributed by atoms with Gasteiger partial charge < -0.3 is 4.74 Å². The monoisotopic (exact) mass is 314 g/mol. The van der Waals surface area contributed by atoms with E-state index in [-0.39, 0.29) is 6.07 Å². The van der Waals surface area contributed by atoms with E-state index < -0.39 is 41.1 Å². The molecule has 0 N–H and O–H groups in total. The van der Waals surface area contributed by atoms with Crippen LogP contribution < -0.4 is 0 Å². The van der Waals surface area contributed by atoms with Gasteiger partial charge in [0.05, 0.1) is 22.8 Å². The van der Waals surface area contributed by atoms with Gasteiger partial charge in [-0.25, -0.2) is 4.79 Å². The third kappa shape index (κ3) is 4.64. The van der Waals surface area contributed by atoms with Crippen LogP contribution in [0.15, 0.2) is 18.2 Å². The summed E-state index contributed by atoms with van der Waals surface area (Å²) in [7, 11) is 0. The smallest absolute Gasteiger partial charge is 0.416 e. The predicted molar refractivity (Wildman–Crippen MR) is 61.6 cm³/mol. The summed E-state index contributed by atoms with van der Waals surface area (Å²) < 4.78 is 80.4. The zero-order valence-electron chi connectivity index (χ0n) is 11.1. The van der Waals surface area contributed by atoms with Gasteiger partial charge in [0.25, 0.3) is 0 Å². The second-order valence-corrected chi connectivity index (χ2v) is 4.42. The van der Waals surface area contributed by atoms with E-state index in [0.717, 1.165) is 0 Å². The maximum Gasteiger partial charge on any atom is 0.416 e. The summed E-state index contributed by atoms with van der Waals surface area (Å²) in [6.45, 7) is 3.14. The molecule has 1 unspecified atom stereocenters. The number of hydrogen-bond acceptors (Lipinski definition) is 2. The van der Waals surface area contributed by atoms with Gasteiger partial charge in [-0.3, -0.25) is 0 Å². The van der Waals surface area contributed by atoms with Crippen LogP contribution in [-0.2, 0) is 17.1 Å². The van der Waals surface area contributed by atoms with Gasteiger partial charge in [-0.1, -0.05) is 6.92 Å². The molecular formula is C13H12F6O2. The lowest BCUT2D eigenvalue weighted by Crippen LogP contribution is -2.17. The number of alkyl halides is 6. The number of halogens is 6. The molecule has 1 rings (SSSR count). The van der Waals surface area contributed by atoms with Crippen LogP contribution in [0.2, 0.25) is 0 Å². The average molecular weight is 314 g/mol. The van der Waals surface area contributed by atoms with Crippen LogP contribution in [0.4, 0.5) is 26.3 Å². The summed E-state index contributed by atoms with van der Waals surface area (Å²) in [6.07, 6.45) is -10.2. The Labute approximate surface area is 116 Å². The first kappa shape index (κ1) is 17.3. The Kier molecular flexibility index (Phi) is 4.91. The van der Waals surface area contributed by atoms with Crippen LogP contribution in [-0.4, -0.2) is 12.1 Å². The third-order valence-corrected chi connectivity index (χ3v) is 2.71. The molecule has 0 saturated carbocycles. The van der Waals surface area contributed by atoms with Crippen molar-refractivity contribution in [3.05, 3.63) is 34.9 Å². The molecule has 0 aromatic heterocycles. The molecule has 0 radical (unpaired) electrons. The van der Waals surface area contributed by atoms with E-state index in [1.54, 1.807) is 6.92 Å². The SMILES string of the molecule is CCC(C)OC(=O)c1cc(C(F)(F)F)cc(C(F)(F)F)c1. The maximum atomic E-state index is 12.6. The van der Waals surface area contributed by atoms with Gasteiger partial charge in [-0.2, -0.15) is 26.3 Å². The Morgan fingerprint density at radius 2 is 1.48 bits per heavy atom. The quantitative estimate of drug-likeness (QED) is 0.598. The van der Waals surface area contributed by atoms with E-state index in [0.29, 0.717) is 18.6 Å². The van der Waals surface area contributed by atoms with Crippen LogP contribution in [0.3, 0.4) is 0 Å². The van der Waals surface area contributed by atoms with E-state index in [9.17, 15) is 31.1 Å². The zero-order chi connectivity index (χ0) is 16.4. The highest BCUT2D eigenvalue weighted by Gasteiger charge is 2.37. The number of esters is 1. The van der Waals surface area contributed by atoms with Gasteiger partial charge in [0.1, 0.15) is 0 Å². The predicted octanol–water partition coefficient (Wildman–Crippen LogP) is 4.68. The second kappa shape index (κ2) is 5.95. The van der Waals surface area contributed by atoms with Crippen molar-refractivity contribution in [1.82, 2.24) is 0 Å². The van der Waals surface area contributed by atoms with Gasteiger partial charge >= 0.3 is 18.3 Å². The first-order chi connectivity index (χ1) is 9.45. The number of carbonyl (C=O) groups is 1. The molecule has 0 heterocycles. The molecule has 2 nitrogen and oxygen atoms in total. The van der Waals surface area contributed by atoms with Crippen molar-refractivity contribution in [2.24, 2.45) is 0 Å². The summed E-state index contributed by atoms with van der Waals surface area (Å²) in [5.41, 5.74) is -3.88. The van der Waals surface area contributed by atoms with Gasteiger partial charge in [-0.15, -0.1) is 0 Å². The van der Waals surface area contributed by atoms with Crippen LogP contribution >= 0.6 is 0 Å². The van der Waals surface area contributed by atoms with E-state index in [4.69, 9.17) is 4.74 Å². The second-order valence-electron chi connectivity index (χ2n) is 4.42. The number of benzene rings is 1. The standard InChI is InChI=1S/C13H12F6O2/c1-3-7(2)21-11(20)8-4-9(12(14,15)16)6-10(5-8)13(17,18)19/h4-7H,3H2,1-2H3. The molecule has 0 bridgehead atoms. The molecule has 0 spiro atoms. The maximum absolute atomic E-state index is 12.6. The molecule has 1 atom stereocenters. The fourth-order valence-electron chi connectivity index (χ4n) is 1.41. The Morgan fingerprint density at radius 1 is 1.05 bits per heavy atom. The molecular weight excluding hydrogens is 302 g/mol. The molecule has 21 heavy (non-hydrogen) atoms. The topological polar surface area (TPSA) is 26.3 Å². The van der Waals surface area contributed by atoms with Crippen molar-refractivity contribution >= 4 is 5.97 Å². The lowest BCUT2D eigenvalue weighted by Gasteiger charge is -2.15. The van der Waals surface area contributed by atoms with Crippen molar-refractivity contribution in [3.8, 4) is 0 Å². The number of hydrogen-bond donors (Lipinski definition) is 0. The van der Waals surface area contributed by atoms with Crippen molar-refractivity contribution in [2.45, 2.75) is 38.7 Å². The third-order valence-electron chi connectivity index (χ3n) is 2.71. The first-order valence-corrected chi connectivity index (χ1v) is 5.95. The molecule has 0 aliphatic rings. The van der Waals surface area contributed by atoms with E-state index in [1.807, 2.05) is 0 Å². The lowest BCUT2D eigenvalue weighted by molar-refractivity contribution is -0.143. The summed E-state index contributed by atoms with van der Waals surface area (Å²) in [5, 5.41) is 0. The van der Waals surface area contributed by atoms with Crippen molar-refractivity contribution < 1.29 is 35.9 Å². The summed E-state index contributed by atoms with van der Waals surface area (Å²) in [4.78, 5) is 11.6. The average Bonchev–Trinajstić information content (AvgIpc) is 2.35. The Balaban J connectivity index is 3.29. The van der Waals surface area contributed by atoms with E-state index in [1.165, 1.54) is 6.92 Å². The zero-order valence-corrected chi connectivity index (χ0v) is 11.1. The fourth-order valence-corrected chi connectivity index (χ4v) is 1.41. The highest BCUT2D eigenvalue weighted by molar-refractivity contribution is 5.90. The minimum Gasteiger partial charge on any atom is -0.459 e. The van der Waals surface area contributed by atoms with Gasteiger partial charge in [0.15, 0.2) is 0 Å². The van der Waals surface area contributed by atoms with Crippen LogP contribution in [0.25, 0.3) is 0 Å². The summed E-state index contributed by atoms with van der Waals surface area (Å²) in [5.74, 6) is -1.22. The highest BCUT2D eigenvalue weighted by Crippen LogP contribution is 2.36. The van der Waals surface area contributed by atoms with Crippen molar-refractivity contribution in [3.63, 3.8) is 0 Å². The molecule has 0 aliphatic carbocycles. The fraction of sp³-hybridized carbons (Fsp3) is 0.462. The van der Waals surface area contributed by atoms with Crippen molar-refractivity contribution in [2.75, 3.05) is 0 Å². The summed E-state index contributed by atoms with van der Waals surface area (Å²) >= 11 is 0. The molecule has 0 aliphatic heterocycles. The number of ether oxygens (including phenoxy) is 1. The molecule has 0 amide bonds. The number of carbonyl (C=O) groups excluding carboxylic acids is 1. The van der Waals surface area contributed by atoms with Crippen molar-refractivity contribution in [1.29, 1.82) is 0 Å². The van der Waals surface area contributed by atoms with Crippen LogP contribution in [0.1, 0.15) is 41.8 Å². The molecule has 1 aromatic rings. The van der Waals surface area contributed by atoms with Gasteiger partial charge in [0.2, 0.25) is 0 Å². The van der Waals surface area contributed by atoms with Crippen LogP contribution in [0.5, 0.6) is 0 Å². The molecule has 118 valence electrons. The number of rotatable bonds is 3. The summed E-state index contributed by atoms with van der Waals surface area (Å²) in [6, 6.07) is 0.653. The van der Waals surface area contributed by atoms with E-state index >= 15 is 0 Å². The van der Waals surface area contributed by atoms with Gasteiger partial charge in [-0.05, 0) is 31.5 Å². The largest absolute Gasteiger partial charge is 0.459 e. The van der Waals surface area contributed by atoms with Crippen LogP contribution in [0, 0.1) is 0 Å². The normalized spacial score (nSPS) is 13.9. The highest BCUT2D eigenvalue weighted by atomic mass is 19.4. The molecule has 0 saturated heterocycles. The Morgan fingerprint density at radius 3 is 1.81 bits per heavy atom. The molecule has 8 heteroatoms. The molecule has 1 aromatic carbocycles.